The van der Waals surface area contributed by atoms with Crippen LogP contribution in [0.25, 0.3) is 11.4 Å². The Morgan fingerprint density at radius 3 is 1.57 bits per heavy atom. The van der Waals surface area contributed by atoms with E-state index in [1.54, 1.807) is 0 Å². The summed E-state index contributed by atoms with van der Waals surface area (Å²) in [7, 11) is 0. The molecule has 3 rings (SSSR count). The molecule has 3 aromatic rings. The minimum Gasteiger partial charge on any atom is -0.258 e. The number of hydrogen-bond acceptors (Lipinski definition) is 11. The SMILES string of the molecule is O=[N+]([O-])c1cc(Cn2nnc(-c3cc([N+](=O)[O-])cc([N+](=O)[O-])c3)n2)cc([N+](=O)[O-])c1. The molecule has 0 radical (unpaired) electrons. The molecule has 0 amide bonds. The van der Waals surface area contributed by atoms with Gasteiger partial charge in [0.2, 0.25) is 5.82 Å². The van der Waals surface area contributed by atoms with Crippen LogP contribution in [0.4, 0.5) is 22.7 Å². The number of benzene rings is 2. The van der Waals surface area contributed by atoms with Crippen molar-refractivity contribution in [3.8, 4) is 11.4 Å². The summed E-state index contributed by atoms with van der Waals surface area (Å²) in [5.41, 5.74) is -2.03. The fourth-order valence-electron chi connectivity index (χ4n) is 2.48. The van der Waals surface area contributed by atoms with E-state index in [0.717, 1.165) is 41.2 Å². The van der Waals surface area contributed by atoms with Crippen molar-refractivity contribution in [1.82, 2.24) is 20.2 Å². The summed E-state index contributed by atoms with van der Waals surface area (Å²) < 4.78 is 0. The first-order chi connectivity index (χ1) is 14.1. The van der Waals surface area contributed by atoms with Gasteiger partial charge in [-0.3, -0.25) is 40.5 Å². The van der Waals surface area contributed by atoms with Crippen LogP contribution in [0.15, 0.2) is 36.4 Å². The van der Waals surface area contributed by atoms with Crippen LogP contribution < -0.4 is 0 Å². The monoisotopic (exact) mass is 416 g/mol. The number of hydrogen-bond donors (Lipinski definition) is 0. The fraction of sp³-hybridized carbons (Fsp3) is 0.0714. The van der Waals surface area contributed by atoms with E-state index in [9.17, 15) is 40.5 Å². The van der Waals surface area contributed by atoms with Crippen LogP contribution in [0.1, 0.15) is 5.56 Å². The van der Waals surface area contributed by atoms with Gasteiger partial charge in [0, 0.05) is 29.8 Å². The summed E-state index contributed by atoms with van der Waals surface area (Å²) in [4.78, 5) is 41.6. The fourth-order valence-corrected chi connectivity index (χ4v) is 2.48. The molecule has 152 valence electrons. The third kappa shape index (κ3) is 4.16. The molecule has 0 unspecified atom stereocenters. The zero-order valence-corrected chi connectivity index (χ0v) is 14.5. The van der Waals surface area contributed by atoms with Gasteiger partial charge in [0.05, 0.1) is 38.4 Å². The average molecular weight is 416 g/mol. The Labute approximate surface area is 164 Å². The molecule has 2 aromatic carbocycles. The topological polar surface area (TPSA) is 216 Å². The minimum atomic E-state index is -0.816. The summed E-state index contributed by atoms with van der Waals surface area (Å²) in [6.07, 6.45) is 0. The Bertz CT molecular complexity index is 1140. The number of rotatable bonds is 7. The summed E-state index contributed by atoms with van der Waals surface area (Å²) in [5, 5.41) is 55.2. The second-order valence-corrected chi connectivity index (χ2v) is 5.77. The highest BCUT2D eigenvalue weighted by Gasteiger charge is 2.20. The Morgan fingerprint density at radius 1 is 0.700 bits per heavy atom. The predicted octanol–water partition coefficient (Wildman–Crippen LogP) is 2.02. The van der Waals surface area contributed by atoms with Crippen molar-refractivity contribution in [2.75, 3.05) is 0 Å². The van der Waals surface area contributed by atoms with Crippen LogP contribution in [-0.4, -0.2) is 39.9 Å². The number of nitro benzene ring substituents is 4. The first-order valence-electron chi connectivity index (χ1n) is 7.79. The first kappa shape index (κ1) is 19.9. The van der Waals surface area contributed by atoms with Crippen molar-refractivity contribution in [3.63, 3.8) is 0 Å². The van der Waals surface area contributed by atoms with Gasteiger partial charge in [-0.1, -0.05) is 0 Å². The third-order valence-electron chi connectivity index (χ3n) is 3.74. The van der Waals surface area contributed by atoms with Gasteiger partial charge in [0.25, 0.3) is 22.7 Å². The lowest BCUT2D eigenvalue weighted by molar-refractivity contribution is -0.394. The number of nitrogens with zero attached hydrogens (tertiary/aromatic N) is 8. The Kier molecular flexibility index (Phi) is 5.04. The number of non-ortho nitro benzene ring substituents is 4. The lowest BCUT2D eigenvalue weighted by Gasteiger charge is -2.01. The summed E-state index contributed by atoms with van der Waals surface area (Å²) in [6, 6.07) is 5.80. The maximum atomic E-state index is 11.0. The molecule has 0 aliphatic rings. The number of aromatic nitrogens is 4. The van der Waals surface area contributed by atoms with E-state index in [1.165, 1.54) is 0 Å². The zero-order chi connectivity index (χ0) is 22.0. The molecule has 1 heterocycles. The Morgan fingerprint density at radius 2 is 1.13 bits per heavy atom. The van der Waals surface area contributed by atoms with E-state index in [0.29, 0.717) is 0 Å². The Balaban J connectivity index is 1.96. The standard InChI is InChI=1S/C14H8N8O8/c23-19(24)10-1-8(2-11(5-10)20(25)26)7-18-16-14(15-17-18)9-3-12(21(27)28)6-13(4-9)22(29)30/h1-6H,7H2. The third-order valence-corrected chi connectivity index (χ3v) is 3.74. The maximum absolute atomic E-state index is 11.0. The summed E-state index contributed by atoms with van der Waals surface area (Å²) in [6.45, 7) is -0.244. The molecular weight excluding hydrogens is 408 g/mol. The van der Waals surface area contributed by atoms with E-state index in [2.05, 4.69) is 15.4 Å². The van der Waals surface area contributed by atoms with Crippen molar-refractivity contribution < 1.29 is 19.7 Å². The van der Waals surface area contributed by atoms with Crippen molar-refractivity contribution in [2.45, 2.75) is 6.54 Å². The highest BCUT2D eigenvalue weighted by Crippen LogP contribution is 2.28. The van der Waals surface area contributed by atoms with Crippen molar-refractivity contribution >= 4 is 22.7 Å². The maximum Gasteiger partial charge on any atom is 0.277 e. The van der Waals surface area contributed by atoms with Gasteiger partial charge in [-0.2, -0.15) is 4.80 Å². The van der Waals surface area contributed by atoms with Gasteiger partial charge in [-0.05, 0) is 10.8 Å². The molecular formula is C14H8N8O8. The molecule has 0 N–H and O–H groups in total. The van der Waals surface area contributed by atoms with Crippen molar-refractivity contribution in [1.29, 1.82) is 0 Å². The highest BCUT2D eigenvalue weighted by atomic mass is 16.6. The molecule has 16 heteroatoms. The van der Waals surface area contributed by atoms with Crippen LogP contribution in [-0.2, 0) is 6.54 Å². The van der Waals surface area contributed by atoms with Gasteiger partial charge in [-0.25, -0.2) is 0 Å². The minimum absolute atomic E-state index is 0.0489. The molecule has 1 aromatic heterocycles. The average Bonchev–Trinajstić information content (AvgIpc) is 3.15. The van der Waals surface area contributed by atoms with Crippen LogP contribution in [0.5, 0.6) is 0 Å². The van der Waals surface area contributed by atoms with E-state index in [4.69, 9.17) is 0 Å². The molecule has 0 fully saturated rings. The lowest BCUT2D eigenvalue weighted by Crippen LogP contribution is -2.05. The molecule has 0 atom stereocenters. The molecule has 0 aliphatic heterocycles. The summed E-state index contributed by atoms with van der Waals surface area (Å²) in [5.74, 6) is -0.179. The first-order valence-corrected chi connectivity index (χ1v) is 7.79. The number of nitro groups is 4. The predicted molar refractivity (Wildman–Crippen MR) is 95.4 cm³/mol. The smallest absolute Gasteiger partial charge is 0.258 e. The molecule has 0 bridgehead atoms. The Hall–Kier alpha value is -4.89. The van der Waals surface area contributed by atoms with Crippen LogP contribution in [0, 0.1) is 40.5 Å². The summed E-state index contributed by atoms with van der Waals surface area (Å²) >= 11 is 0. The molecule has 0 aliphatic carbocycles. The molecule has 0 saturated heterocycles. The van der Waals surface area contributed by atoms with E-state index >= 15 is 0 Å². The van der Waals surface area contributed by atoms with Crippen LogP contribution in [0.2, 0.25) is 0 Å². The van der Waals surface area contributed by atoms with Crippen molar-refractivity contribution in [3.05, 3.63) is 82.4 Å². The normalized spacial score (nSPS) is 10.5. The van der Waals surface area contributed by atoms with Gasteiger partial charge in [0.15, 0.2) is 0 Å². The largest absolute Gasteiger partial charge is 0.277 e. The second kappa shape index (κ2) is 7.62. The van der Waals surface area contributed by atoms with E-state index < -0.39 is 42.4 Å². The quantitative estimate of drug-likeness (QED) is 0.400. The lowest BCUT2D eigenvalue weighted by atomic mass is 10.1. The van der Waals surface area contributed by atoms with E-state index in [1.807, 2.05) is 0 Å². The van der Waals surface area contributed by atoms with E-state index in [-0.39, 0.29) is 23.5 Å². The van der Waals surface area contributed by atoms with Crippen molar-refractivity contribution in [2.24, 2.45) is 0 Å². The van der Waals surface area contributed by atoms with Gasteiger partial charge >= 0.3 is 0 Å². The number of tetrazole rings is 1. The van der Waals surface area contributed by atoms with Crippen LogP contribution >= 0.6 is 0 Å². The molecule has 0 saturated carbocycles. The molecule has 0 spiro atoms. The zero-order valence-electron chi connectivity index (χ0n) is 14.5. The van der Waals surface area contributed by atoms with Gasteiger partial charge in [0.1, 0.15) is 0 Å². The van der Waals surface area contributed by atoms with Crippen LogP contribution in [0.3, 0.4) is 0 Å². The highest BCUT2D eigenvalue weighted by molar-refractivity contribution is 5.63. The molecule has 16 nitrogen and oxygen atoms in total. The van der Waals surface area contributed by atoms with Gasteiger partial charge < -0.3 is 0 Å². The molecule has 30 heavy (non-hydrogen) atoms. The second-order valence-electron chi connectivity index (χ2n) is 5.77. The van der Waals surface area contributed by atoms with Gasteiger partial charge in [-0.15, -0.1) is 10.2 Å².